The third kappa shape index (κ3) is 6.87. The average molecular weight is 546 g/mol. The molecule has 37 heavy (non-hydrogen) atoms. The molecule has 196 valence electrons. The molecule has 0 bridgehead atoms. The monoisotopic (exact) mass is 545 g/mol. The molecule has 0 aliphatic carbocycles. The summed E-state index contributed by atoms with van der Waals surface area (Å²) in [6, 6.07) is 17.0. The van der Waals surface area contributed by atoms with Crippen molar-refractivity contribution >= 4 is 39.1 Å². The highest BCUT2D eigenvalue weighted by Crippen LogP contribution is 2.26. The Morgan fingerprint density at radius 2 is 1.62 bits per heavy atom. The minimum Gasteiger partial charge on any atom is -0.355 e. The molecule has 7 nitrogen and oxygen atoms in total. The number of likely N-dealkylation sites (N-methyl/N-ethyl adjacent to an activating group) is 1. The third-order valence-electron chi connectivity index (χ3n) is 5.82. The summed E-state index contributed by atoms with van der Waals surface area (Å²) >= 11 is 6.32. The largest absolute Gasteiger partial charge is 0.355 e. The lowest BCUT2D eigenvalue weighted by Gasteiger charge is -2.32. The van der Waals surface area contributed by atoms with Crippen LogP contribution in [0.15, 0.2) is 77.7 Å². The fourth-order valence-corrected chi connectivity index (χ4v) is 5.30. The van der Waals surface area contributed by atoms with Crippen LogP contribution in [0.1, 0.15) is 25.0 Å². The van der Waals surface area contributed by atoms with Crippen LogP contribution in [-0.4, -0.2) is 44.3 Å². The van der Waals surface area contributed by atoms with Crippen molar-refractivity contribution in [3.05, 3.63) is 94.8 Å². The van der Waals surface area contributed by atoms with Crippen LogP contribution in [-0.2, 0) is 26.2 Å². The van der Waals surface area contributed by atoms with Crippen LogP contribution < -0.4 is 9.62 Å². The minimum atomic E-state index is -4.26. The second-order valence-corrected chi connectivity index (χ2v) is 10.8. The number of carbonyl (C=O) groups is 2. The molecule has 0 aliphatic rings. The van der Waals surface area contributed by atoms with Gasteiger partial charge in [-0.05, 0) is 68.8 Å². The molecule has 0 radical (unpaired) electrons. The number of anilines is 1. The van der Waals surface area contributed by atoms with E-state index in [1.807, 2.05) is 6.92 Å². The number of amides is 2. The molecule has 0 saturated heterocycles. The molecule has 3 aromatic rings. The molecule has 0 heterocycles. The van der Waals surface area contributed by atoms with Crippen LogP contribution in [0.3, 0.4) is 0 Å². The lowest BCUT2D eigenvalue weighted by molar-refractivity contribution is -0.139. The zero-order valence-corrected chi connectivity index (χ0v) is 22.4. The van der Waals surface area contributed by atoms with Gasteiger partial charge in [0.25, 0.3) is 10.0 Å². The van der Waals surface area contributed by atoms with E-state index in [0.717, 1.165) is 34.1 Å². The highest BCUT2D eigenvalue weighted by atomic mass is 35.5. The molecule has 2 amide bonds. The predicted molar refractivity (Wildman–Crippen MR) is 142 cm³/mol. The zero-order chi connectivity index (χ0) is 27.2. The van der Waals surface area contributed by atoms with Gasteiger partial charge in [-0.15, -0.1) is 0 Å². The van der Waals surface area contributed by atoms with Crippen molar-refractivity contribution < 1.29 is 22.4 Å². The lowest BCUT2D eigenvalue weighted by Crippen LogP contribution is -2.51. The number of nitrogens with one attached hydrogen (secondary N) is 1. The van der Waals surface area contributed by atoms with Crippen molar-refractivity contribution in [2.75, 3.05) is 17.4 Å². The maximum absolute atomic E-state index is 13.7. The topological polar surface area (TPSA) is 86.8 Å². The standard InChI is InChI=1S/C27H29ClFN3O4S/c1-4-30-27(34)20(3)31(17-21-7-5-6-8-25(21)28)26(33)18-32(23-13-9-19(2)10-14-23)37(35,36)24-15-11-22(29)12-16-24/h5-16,20H,4,17-18H2,1-3H3,(H,30,34). The van der Waals surface area contributed by atoms with Gasteiger partial charge in [0.15, 0.2) is 0 Å². The lowest BCUT2D eigenvalue weighted by atomic mass is 10.1. The van der Waals surface area contributed by atoms with Crippen molar-refractivity contribution in [1.29, 1.82) is 0 Å². The number of rotatable bonds is 10. The van der Waals surface area contributed by atoms with Gasteiger partial charge < -0.3 is 10.2 Å². The van der Waals surface area contributed by atoms with Gasteiger partial charge in [-0.25, -0.2) is 12.8 Å². The summed E-state index contributed by atoms with van der Waals surface area (Å²) < 4.78 is 41.7. The molecular formula is C27H29ClFN3O4S. The third-order valence-corrected chi connectivity index (χ3v) is 7.98. The number of hydrogen-bond donors (Lipinski definition) is 1. The van der Waals surface area contributed by atoms with E-state index in [1.165, 1.54) is 4.90 Å². The van der Waals surface area contributed by atoms with Crippen molar-refractivity contribution in [1.82, 2.24) is 10.2 Å². The average Bonchev–Trinajstić information content (AvgIpc) is 2.87. The van der Waals surface area contributed by atoms with Crippen LogP contribution in [0.4, 0.5) is 10.1 Å². The van der Waals surface area contributed by atoms with E-state index in [1.54, 1.807) is 62.4 Å². The highest BCUT2D eigenvalue weighted by Gasteiger charge is 2.32. The molecule has 0 spiro atoms. The van der Waals surface area contributed by atoms with Crippen LogP contribution in [0.5, 0.6) is 0 Å². The molecular weight excluding hydrogens is 517 g/mol. The summed E-state index contributed by atoms with van der Waals surface area (Å²) in [7, 11) is -4.26. The molecule has 1 unspecified atom stereocenters. The minimum absolute atomic E-state index is 0.00482. The summed E-state index contributed by atoms with van der Waals surface area (Å²) in [6.45, 7) is 4.97. The molecule has 1 atom stereocenters. The van der Waals surface area contributed by atoms with Crippen molar-refractivity contribution in [3.8, 4) is 0 Å². The predicted octanol–water partition coefficient (Wildman–Crippen LogP) is 4.54. The Labute approximate surface area is 221 Å². The van der Waals surface area contributed by atoms with Crippen molar-refractivity contribution in [2.45, 2.75) is 38.3 Å². The van der Waals surface area contributed by atoms with E-state index >= 15 is 0 Å². The first-order chi connectivity index (χ1) is 17.5. The fraction of sp³-hybridized carbons (Fsp3) is 0.259. The quantitative estimate of drug-likeness (QED) is 0.405. The SMILES string of the molecule is CCNC(=O)C(C)N(Cc1ccccc1Cl)C(=O)CN(c1ccc(C)cc1)S(=O)(=O)c1ccc(F)cc1. The van der Waals surface area contributed by atoms with Gasteiger partial charge in [-0.3, -0.25) is 13.9 Å². The molecule has 1 N–H and O–H groups in total. The van der Waals surface area contributed by atoms with E-state index < -0.39 is 34.3 Å². The molecule has 3 rings (SSSR count). The number of sulfonamides is 1. The van der Waals surface area contributed by atoms with E-state index in [2.05, 4.69) is 5.32 Å². The Hall–Kier alpha value is -3.43. The van der Waals surface area contributed by atoms with Gasteiger partial charge >= 0.3 is 0 Å². The van der Waals surface area contributed by atoms with Crippen LogP contribution in [0.25, 0.3) is 0 Å². The number of hydrogen-bond acceptors (Lipinski definition) is 4. The van der Waals surface area contributed by atoms with Crippen molar-refractivity contribution in [2.24, 2.45) is 0 Å². The Kier molecular flexibility index (Phi) is 9.29. The molecule has 0 fully saturated rings. The van der Waals surface area contributed by atoms with Gasteiger partial charge in [0.2, 0.25) is 11.8 Å². The van der Waals surface area contributed by atoms with Gasteiger partial charge in [-0.1, -0.05) is 47.5 Å². The molecule has 3 aromatic carbocycles. The number of halogens is 2. The molecule has 10 heteroatoms. The Morgan fingerprint density at radius 1 is 1.00 bits per heavy atom. The molecule has 0 aliphatic heterocycles. The summed E-state index contributed by atoms with van der Waals surface area (Å²) in [4.78, 5) is 27.6. The number of benzene rings is 3. The normalized spacial score (nSPS) is 12.0. The summed E-state index contributed by atoms with van der Waals surface area (Å²) in [6.07, 6.45) is 0. The Balaban J connectivity index is 2.03. The van der Waals surface area contributed by atoms with Crippen LogP contribution >= 0.6 is 11.6 Å². The first kappa shape index (κ1) is 28.1. The summed E-state index contributed by atoms with van der Waals surface area (Å²) in [5, 5.41) is 3.12. The number of nitrogens with zero attached hydrogens (tertiary/aromatic N) is 2. The van der Waals surface area contributed by atoms with E-state index in [9.17, 15) is 22.4 Å². The highest BCUT2D eigenvalue weighted by molar-refractivity contribution is 7.92. The van der Waals surface area contributed by atoms with Gasteiger partial charge in [0, 0.05) is 18.1 Å². The fourth-order valence-electron chi connectivity index (χ4n) is 3.69. The van der Waals surface area contributed by atoms with E-state index in [4.69, 9.17) is 11.6 Å². The molecule has 0 saturated carbocycles. The maximum atomic E-state index is 13.7. The zero-order valence-electron chi connectivity index (χ0n) is 20.8. The smallest absolute Gasteiger partial charge is 0.264 e. The second kappa shape index (κ2) is 12.2. The Morgan fingerprint density at radius 3 is 2.22 bits per heavy atom. The Bertz CT molecular complexity index is 1350. The van der Waals surface area contributed by atoms with Crippen LogP contribution in [0, 0.1) is 12.7 Å². The summed E-state index contributed by atoms with van der Waals surface area (Å²) in [5.74, 6) is -1.57. The first-order valence-corrected chi connectivity index (χ1v) is 13.5. The van der Waals surface area contributed by atoms with Crippen molar-refractivity contribution in [3.63, 3.8) is 0 Å². The van der Waals surface area contributed by atoms with E-state index in [0.29, 0.717) is 17.1 Å². The van der Waals surface area contributed by atoms with E-state index in [-0.39, 0.29) is 23.0 Å². The number of carbonyl (C=O) groups excluding carboxylic acids is 2. The number of aryl methyl sites for hydroxylation is 1. The van der Waals surface area contributed by atoms with Gasteiger partial charge in [0.1, 0.15) is 18.4 Å². The first-order valence-electron chi connectivity index (χ1n) is 11.7. The van der Waals surface area contributed by atoms with Gasteiger partial charge in [0.05, 0.1) is 10.6 Å². The molecule has 0 aromatic heterocycles. The maximum Gasteiger partial charge on any atom is 0.264 e. The van der Waals surface area contributed by atoms with Crippen LogP contribution in [0.2, 0.25) is 5.02 Å². The second-order valence-electron chi connectivity index (χ2n) is 8.48. The van der Waals surface area contributed by atoms with Gasteiger partial charge in [-0.2, -0.15) is 0 Å². The summed E-state index contributed by atoms with van der Waals surface area (Å²) in [5.41, 5.74) is 1.77.